The van der Waals surface area contributed by atoms with E-state index < -0.39 is 10.8 Å². The van der Waals surface area contributed by atoms with Gasteiger partial charge in [-0.15, -0.1) is 22.7 Å². The number of hydrogen-bond donors (Lipinski definition) is 1. The predicted molar refractivity (Wildman–Crippen MR) is 113 cm³/mol. The van der Waals surface area contributed by atoms with Gasteiger partial charge in [0.25, 0.3) is 11.6 Å². The van der Waals surface area contributed by atoms with Gasteiger partial charge in [0.05, 0.1) is 21.2 Å². The smallest absolute Gasteiger partial charge is 0.288 e. The van der Waals surface area contributed by atoms with Gasteiger partial charge in [0.2, 0.25) is 5.13 Å². The maximum absolute atomic E-state index is 12.7. The number of carbonyl (C=O) groups excluding carboxylic acids is 1. The van der Waals surface area contributed by atoms with Crippen LogP contribution in [0.2, 0.25) is 5.02 Å². The number of rotatable bonds is 5. The van der Waals surface area contributed by atoms with Crippen LogP contribution in [0.15, 0.2) is 47.2 Å². The number of thiophene rings is 1. The monoisotopic (exact) mass is 445 g/mol. The number of aryl methyl sites for hydroxylation is 1. The summed E-state index contributed by atoms with van der Waals surface area (Å²) in [5.74, 6) is -0.0989. The van der Waals surface area contributed by atoms with Gasteiger partial charge >= 0.3 is 0 Å². The molecule has 0 radical (unpaired) electrons. The molecule has 4 aromatic rings. The number of halogens is 1. The third-order valence-electron chi connectivity index (χ3n) is 3.93. The highest BCUT2D eigenvalue weighted by Crippen LogP contribution is 2.30. The lowest BCUT2D eigenvalue weighted by Crippen LogP contribution is -2.15. The molecule has 29 heavy (non-hydrogen) atoms. The van der Waals surface area contributed by atoms with Crippen LogP contribution < -0.4 is 5.32 Å². The van der Waals surface area contributed by atoms with E-state index in [1.54, 1.807) is 29.0 Å². The van der Waals surface area contributed by atoms with Gasteiger partial charge in [-0.2, -0.15) is 9.78 Å². The molecule has 1 N–H and O–H groups in total. The molecule has 0 spiro atoms. The van der Waals surface area contributed by atoms with E-state index >= 15 is 0 Å². The Morgan fingerprint density at radius 3 is 2.83 bits per heavy atom. The highest BCUT2D eigenvalue weighted by Gasteiger charge is 2.19. The maximum Gasteiger partial charge on any atom is 0.288 e. The van der Waals surface area contributed by atoms with Crippen molar-refractivity contribution in [3.8, 4) is 15.7 Å². The first kappa shape index (κ1) is 19.2. The molecule has 3 heterocycles. The number of nitro groups is 1. The van der Waals surface area contributed by atoms with Crippen LogP contribution in [-0.4, -0.2) is 25.6 Å². The zero-order valence-corrected chi connectivity index (χ0v) is 17.2. The van der Waals surface area contributed by atoms with E-state index in [1.807, 2.05) is 22.9 Å². The van der Waals surface area contributed by atoms with Crippen LogP contribution in [-0.2, 0) is 0 Å². The fourth-order valence-electron chi connectivity index (χ4n) is 2.62. The highest BCUT2D eigenvalue weighted by molar-refractivity contribution is 7.15. The van der Waals surface area contributed by atoms with E-state index in [0.29, 0.717) is 16.6 Å². The van der Waals surface area contributed by atoms with E-state index in [0.717, 1.165) is 16.6 Å². The number of thiazole rings is 1. The quantitative estimate of drug-likeness (QED) is 0.336. The minimum atomic E-state index is -0.630. The Kier molecular flexibility index (Phi) is 5.14. The minimum Gasteiger partial charge on any atom is -0.306 e. The van der Waals surface area contributed by atoms with Gasteiger partial charge < -0.3 is 5.32 Å². The fraction of sp³-hybridized carbons (Fsp3) is 0.0556. The van der Waals surface area contributed by atoms with Crippen molar-refractivity contribution in [3.63, 3.8) is 0 Å². The second-order valence-corrected chi connectivity index (χ2v) is 8.14. The summed E-state index contributed by atoms with van der Waals surface area (Å²) in [5.41, 5.74) is 1.31. The van der Waals surface area contributed by atoms with Gasteiger partial charge in [0.15, 0.2) is 0 Å². The number of aromatic nitrogens is 3. The van der Waals surface area contributed by atoms with Crippen molar-refractivity contribution < 1.29 is 9.72 Å². The summed E-state index contributed by atoms with van der Waals surface area (Å²) in [7, 11) is 0. The van der Waals surface area contributed by atoms with Crippen molar-refractivity contribution in [2.24, 2.45) is 0 Å². The Morgan fingerprint density at radius 2 is 2.10 bits per heavy atom. The molecule has 146 valence electrons. The number of benzene rings is 1. The van der Waals surface area contributed by atoms with Crippen LogP contribution in [0, 0.1) is 17.0 Å². The molecular weight excluding hydrogens is 434 g/mol. The highest BCUT2D eigenvalue weighted by atomic mass is 35.5. The largest absolute Gasteiger partial charge is 0.306 e. The average molecular weight is 446 g/mol. The van der Waals surface area contributed by atoms with Crippen molar-refractivity contribution >= 4 is 51.7 Å². The third kappa shape index (κ3) is 3.90. The maximum atomic E-state index is 12.7. The molecule has 0 aliphatic heterocycles. The summed E-state index contributed by atoms with van der Waals surface area (Å²) in [6.45, 7) is 1.80. The predicted octanol–water partition coefficient (Wildman–Crippen LogP) is 5.18. The number of anilines is 1. The van der Waals surface area contributed by atoms with Crippen molar-refractivity contribution in [1.29, 1.82) is 0 Å². The van der Waals surface area contributed by atoms with Crippen molar-refractivity contribution in [1.82, 2.24) is 14.8 Å². The fourth-order valence-corrected chi connectivity index (χ4v) is 4.35. The Hall–Kier alpha value is -3.08. The first-order valence-electron chi connectivity index (χ1n) is 8.24. The second-order valence-electron chi connectivity index (χ2n) is 5.95. The van der Waals surface area contributed by atoms with Gasteiger partial charge in [-0.1, -0.05) is 17.7 Å². The molecule has 0 unspecified atom stereocenters. The summed E-state index contributed by atoms with van der Waals surface area (Å²) in [6, 6.07) is 9.53. The van der Waals surface area contributed by atoms with Gasteiger partial charge in [-0.3, -0.25) is 14.9 Å². The van der Waals surface area contributed by atoms with Gasteiger partial charge in [-0.25, -0.2) is 4.98 Å². The van der Waals surface area contributed by atoms with Crippen LogP contribution in [0.3, 0.4) is 0 Å². The topological polar surface area (TPSA) is 103 Å². The summed E-state index contributed by atoms with van der Waals surface area (Å²) >= 11 is 8.80. The lowest BCUT2D eigenvalue weighted by Gasteiger charge is -2.07. The average Bonchev–Trinajstić information content (AvgIpc) is 3.42. The molecule has 0 saturated heterocycles. The molecule has 0 aliphatic carbocycles. The molecule has 0 bridgehead atoms. The number of nitro benzene ring substituents is 1. The Labute approximate surface area is 177 Å². The van der Waals surface area contributed by atoms with Crippen molar-refractivity contribution in [3.05, 3.63) is 73.6 Å². The van der Waals surface area contributed by atoms with Gasteiger partial charge in [-0.05, 0) is 30.5 Å². The molecule has 4 rings (SSSR count). The van der Waals surface area contributed by atoms with Crippen LogP contribution in [0.1, 0.15) is 16.1 Å². The Bertz CT molecular complexity index is 1220. The van der Waals surface area contributed by atoms with Crippen LogP contribution in [0.4, 0.5) is 11.5 Å². The van der Waals surface area contributed by atoms with Crippen LogP contribution >= 0.6 is 34.3 Å². The van der Waals surface area contributed by atoms with E-state index in [2.05, 4.69) is 15.4 Å². The second kappa shape index (κ2) is 7.74. The van der Waals surface area contributed by atoms with Crippen LogP contribution in [0.25, 0.3) is 15.7 Å². The lowest BCUT2D eigenvalue weighted by atomic mass is 10.2. The van der Waals surface area contributed by atoms with Gasteiger partial charge in [0.1, 0.15) is 10.8 Å². The van der Waals surface area contributed by atoms with E-state index in [9.17, 15) is 14.9 Å². The third-order valence-corrected chi connectivity index (χ3v) is 5.95. The molecule has 0 fully saturated rings. The molecule has 1 amide bonds. The number of hydrogen-bond acceptors (Lipinski definition) is 7. The molecule has 11 heteroatoms. The van der Waals surface area contributed by atoms with E-state index in [1.165, 1.54) is 23.5 Å². The van der Waals surface area contributed by atoms with Crippen molar-refractivity contribution in [2.75, 3.05) is 5.32 Å². The molecular formula is C18H12ClN5O3S2. The molecule has 8 nitrogen and oxygen atoms in total. The Balaban J connectivity index is 1.63. The summed E-state index contributed by atoms with van der Waals surface area (Å²) < 4.78 is 1.54. The SMILES string of the molecule is Cc1cc(NC(=O)c2ccc(Cl)c([N+](=O)[O-])c2)n(-c2nc(-c3cccs3)cs2)n1. The number of nitrogens with one attached hydrogen (secondary N) is 1. The van der Waals surface area contributed by atoms with Crippen molar-refractivity contribution in [2.45, 2.75) is 6.92 Å². The Morgan fingerprint density at radius 1 is 1.28 bits per heavy atom. The molecule has 0 atom stereocenters. The minimum absolute atomic E-state index is 0.0312. The number of nitrogens with zero attached hydrogens (tertiary/aromatic N) is 4. The molecule has 1 aromatic carbocycles. The zero-order valence-electron chi connectivity index (χ0n) is 14.8. The first-order chi connectivity index (χ1) is 13.9. The number of carbonyl (C=O) groups is 1. The summed E-state index contributed by atoms with van der Waals surface area (Å²) in [5, 5.41) is 22.7. The van der Waals surface area contributed by atoms with E-state index in [4.69, 9.17) is 11.6 Å². The van der Waals surface area contributed by atoms with E-state index in [-0.39, 0.29) is 16.3 Å². The normalized spacial score (nSPS) is 10.8. The first-order valence-corrected chi connectivity index (χ1v) is 10.4. The van der Waals surface area contributed by atoms with Crippen LogP contribution in [0.5, 0.6) is 0 Å². The number of amides is 1. The summed E-state index contributed by atoms with van der Waals surface area (Å²) in [6.07, 6.45) is 0. The molecule has 0 aliphatic rings. The zero-order chi connectivity index (χ0) is 20.5. The molecule has 0 saturated carbocycles. The van der Waals surface area contributed by atoms with Gasteiger partial charge in [0, 0.05) is 23.1 Å². The standard InChI is InChI=1S/C18H12ClN5O3S2/c1-10-7-16(21-17(25)11-4-5-12(19)14(8-11)24(26)27)23(22-10)18-20-13(9-29-18)15-3-2-6-28-15/h2-9H,1H3,(H,21,25). The summed E-state index contributed by atoms with van der Waals surface area (Å²) in [4.78, 5) is 28.7. The molecule has 3 aromatic heterocycles. The lowest BCUT2D eigenvalue weighted by molar-refractivity contribution is -0.384.